The monoisotopic (exact) mass is 369 g/mol. The van der Waals surface area contributed by atoms with Crippen molar-refractivity contribution in [1.29, 1.82) is 0 Å². The van der Waals surface area contributed by atoms with Gasteiger partial charge in [-0.1, -0.05) is 18.2 Å². The second-order valence-corrected chi connectivity index (χ2v) is 7.54. The first-order chi connectivity index (χ1) is 13.0. The number of hydrogen-bond donors (Lipinski definition) is 1. The summed E-state index contributed by atoms with van der Waals surface area (Å²) < 4.78 is 15.4. The topological polar surface area (TPSA) is 54.3 Å². The highest BCUT2D eigenvalue weighted by Gasteiger charge is 2.46. The maximum atomic E-state index is 13.8. The van der Waals surface area contributed by atoms with Crippen LogP contribution in [0.5, 0.6) is 0 Å². The molecule has 0 spiro atoms. The van der Waals surface area contributed by atoms with Crippen molar-refractivity contribution in [3.05, 3.63) is 69.9 Å². The fourth-order valence-electron chi connectivity index (χ4n) is 4.56. The van der Waals surface area contributed by atoms with Crippen molar-refractivity contribution in [2.45, 2.75) is 25.9 Å². The van der Waals surface area contributed by atoms with Crippen LogP contribution in [0.25, 0.3) is 0 Å². The van der Waals surface area contributed by atoms with Crippen molar-refractivity contribution in [2.24, 2.45) is 11.8 Å². The number of nitrogens with one attached hydrogen (secondary N) is 1. The Bertz CT molecular complexity index is 910. The largest absolute Gasteiger partial charge is 0.335 e. The second kappa shape index (κ2) is 7.27. The highest BCUT2D eigenvalue weighted by molar-refractivity contribution is 5.77. The van der Waals surface area contributed by atoms with E-state index in [-0.39, 0.29) is 29.7 Å². The summed E-state index contributed by atoms with van der Waals surface area (Å²) in [4.78, 5) is 27.0. The Labute approximate surface area is 157 Å². The minimum absolute atomic E-state index is 0.0221. The third kappa shape index (κ3) is 3.41. The number of fused-ring (bicyclic) bond motifs is 1. The molecule has 2 aliphatic rings. The van der Waals surface area contributed by atoms with Crippen LogP contribution in [0.3, 0.4) is 0 Å². The molecule has 5 nitrogen and oxygen atoms in total. The number of carbonyl (C=O) groups excluding carboxylic acids is 1. The molecule has 2 fully saturated rings. The molecule has 27 heavy (non-hydrogen) atoms. The average Bonchev–Trinajstić information content (AvgIpc) is 3.22. The average molecular weight is 369 g/mol. The van der Waals surface area contributed by atoms with Crippen LogP contribution in [-0.4, -0.2) is 35.0 Å². The number of halogens is 1. The Morgan fingerprint density at radius 2 is 2.04 bits per heavy atom. The first-order valence-corrected chi connectivity index (χ1v) is 9.46. The summed E-state index contributed by atoms with van der Waals surface area (Å²) in [5, 5.41) is 3.39. The molecular weight excluding hydrogens is 345 g/mol. The number of carbonyl (C=O) groups is 1. The van der Waals surface area contributed by atoms with Gasteiger partial charge in [0.1, 0.15) is 5.82 Å². The van der Waals surface area contributed by atoms with Gasteiger partial charge in [-0.2, -0.15) is 0 Å². The molecule has 1 amide bonds. The number of benzene rings is 1. The molecule has 0 saturated carbocycles. The SMILES string of the molecule is Cc1cccc(=O)n1CCC(=O)N1C[C@@H]2CNC[C@@H]2[C@@H]1c1cccc(F)c1. The van der Waals surface area contributed by atoms with E-state index in [4.69, 9.17) is 0 Å². The lowest BCUT2D eigenvalue weighted by Gasteiger charge is -2.28. The van der Waals surface area contributed by atoms with Gasteiger partial charge in [-0.05, 0) is 36.6 Å². The minimum atomic E-state index is -0.277. The fourth-order valence-corrected chi connectivity index (χ4v) is 4.56. The maximum Gasteiger partial charge on any atom is 0.250 e. The Morgan fingerprint density at radius 1 is 1.22 bits per heavy atom. The predicted molar refractivity (Wildman–Crippen MR) is 101 cm³/mol. The van der Waals surface area contributed by atoms with Crippen LogP contribution in [0.4, 0.5) is 4.39 Å². The lowest BCUT2D eigenvalue weighted by Crippen LogP contribution is -2.36. The number of pyridine rings is 1. The van der Waals surface area contributed by atoms with E-state index in [1.165, 1.54) is 18.2 Å². The van der Waals surface area contributed by atoms with Crippen LogP contribution < -0.4 is 10.9 Å². The summed E-state index contributed by atoms with van der Waals surface area (Å²) in [6.07, 6.45) is 0.267. The minimum Gasteiger partial charge on any atom is -0.335 e. The van der Waals surface area contributed by atoms with Crippen LogP contribution in [0.2, 0.25) is 0 Å². The number of likely N-dealkylation sites (tertiary alicyclic amines) is 1. The lowest BCUT2D eigenvalue weighted by atomic mass is 9.89. The smallest absolute Gasteiger partial charge is 0.250 e. The van der Waals surface area contributed by atoms with E-state index < -0.39 is 0 Å². The van der Waals surface area contributed by atoms with E-state index in [2.05, 4.69) is 5.32 Å². The molecule has 1 aromatic carbocycles. The number of hydrogen-bond acceptors (Lipinski definition) is 3. The van der Waals surface area contributed by atoms with E-state index in [1.54, 1.807) is 16.7 Å². The van der Waals surface area contributed by atoms with Crippen molar-refractivity contribution < 1.29 is 9.18 Å². The van der Waals surface area contributed by atoms with Gasteiger partial charge in [-0.3, -0.25) is 9.59 Å². The van der Waals surface area contributed by atoms with Crippen LogP contribution in [0.15, 0.2) is 47.3 Å². The Morgan fingerprint density at radius 3 is 2.81 bits per heavy atom. The van der Waals surface area contributed by atoms with Gasteiger partial charge in [0.25, 0.3) is 5.56 Å². The number of nitrogens with zero attached hydrogens (tertiary/aromatic N) is 2. The molecule has 2 aliphatic heterocycles. The maximum absolute atomic E-state index is 13.8. The zero-order valence-corrected chi connectivity index (χ0v) is 15.4. The van der Waals surface area contributed by atoms with E-state index in [1.807, 2.05) is 24.0 Å². The van der Waals surface area contributed by atoms with Gasteiger partial charge >= 0.3 is 0 Å². The molecule has 3 atom stereocenters. The van der Waals surface area contributed by atoms with Gasteiger partial charge < -0.3 is 14.8 Å². The van der Waals surface area contributed by atoms with Crippen LogP contribution in [0, 0.1) is 24.6 Å². The van der Waals surface area contributed by atoms with E-state index in [9.17, 15) is 14.0 Å². The molecular formula is C21H24FN3O2. The summed E-state index contributed by atoms with van der Waals surface area (Å²) >= 11 is 0. The van der Waals surface area contributed by atoms with Crippen molar-refractivity contribution in [1.82, 2.24) is 14.8 Å². The van der Waals surface area contributed by atoms with Crippen molar-refractivity contribution in [3.63, 3.8) is 0 Å². The molecule has 0 aliphatic carbocycles. The summed E-state index contributed by atoms with van der Waals surface area (Å²) in [6, 6.07) is 11.6. The second-order valence-electron chi connectivity index (χ2n) is 7.54. The zero-order chi connectivity index (χ0) is 19.0. The van der Waals surface area contributed by atoms with Gasteiger partial charge in [-0.15, -0.1) is 0 Å². The molecule has 0 radical (unpaired) electrons. The Kier molecular flexibility index (Phi) is 4.83. The normalized spacial score (nSPS) is 24.2. The number of amides is 1. The van der Waals surface area contributed by atoms with Gasteiger partial charge in [0, 0.05) is 50.3 Å². The molecule has 1 aromatic heterocycles. The third-order valence-corrected chi connectivity index (χ3v) is 5.89. The first kappa shape index (κ1) is 17.9. The number of aromatic nitrogens is 1. The summed E-state index contributed by atoms with van der Waals surface area (Å²) in [6.45, 7) is 4.64. The summed E-state index contributed by atoms with van der Waals surface area (Å²) in [5.74, 6) is 0.440. The number of rotatable bonds is 4. The molecule has 3 heterocycles. The summed E-state index contributed by atoms with van der Waals surface area (Å²) in [7, 11) is 0. The highest BCUT2D eigenvalue weighted by atomic mass is 19.1. The van der Waals surface area contributed by atoms with Crippen LogP contribution in [0.1, 0.15) is 23.7 Å². The zero-order valence-electron chi connectivity index (χ0n) is 15.4. The fraction of sp³-hybridized carbons (Fsp3) is 0.429. The van der Waals surface area contributed by atoms with Crippen molar-refractivity contribution in [3.8, 4) is 0 Å². The molecule has 6 heteroatoms. The van der Waals surface area contributed by atoms with Gasteiger partial charge in [0.2, 0.25) is 5.91 Å². The Hall–Kier alpha value is -2.47. The lowest BCUT2D eigenvalue weighted by molar-refractivity contribution is -0.132. The highest BCUT2D eigenvalue weighted by Crippen LogP contribution is 2.43. The van der Waals surface area contributed by atoms with E-state index in [0.29, 0.717) is 24.9 Å². The molecule has 4 rings (SSSR count). The van der Waals surface area contributed by atoms with Gasteiger partial charge in [-0.25, -0.2) is 4.39 Å². The van der Waals surface area contributed by atoms with Crippen molar-refractivity contribution >= 4 is 5.91 Å². The van der Waals surface area contributed by atoms with Gasteiger partial charge in [0.15, 0.2) is 0 Å². The number of aryl methyl sites for hydroxylation is 1. The van der Waals surface area contributed by atoms with E-state index >= 15 is 0 Å². The summed E-state index contributed by atoms with van der Waals surface area (Å²) in [5.41, 5.74) is 1.61. The van der Waals surface area contributed by atoms with E-state index in [0.717, 1.165) is 24.3 Å². The predicted octanol–water partition coefficient (Wildman–Crippen LogP) is 2.11. The first-order valence-electron chi connectivity index (χ1n) is 9.46. The van der Waals surface area contributed by atoms with Crippen molar-refractivity contribution in [2.75, 3.05) is 19.6 Å². The molecule has 0 unspecified atom stereocenters. The standard InChI is InChI=1S/C21H24FN3O2/c1-14-4-2-7-19(26)24(14)9-8-20(27)25-13-16-11-23-12-18(16)21(25)15-5-3-6-17(22)10-15/h2-7,10,16,18,21,23H,8-9,11-13H2,1H3/t16-,18-,21-/m0/s1. The molecule has 2 saturated heterocycles. The van der Waals surface area contributed by atoms with Gasteiger partial charge in [0.05, 0.1) is 6.04 Å². The Balaban J connectivity index is 1.55. The quantitative estimate of drug-likeness (QED) is 0.898. The molecule has 1 N–H and O–H groups in total. The molecule has 0 bridgehead atoms. The molecule has 2 aromatic rings. The van der Waals surface area contributed by atoms with Crippen LogP contribution >= 0.6 is 0 Å². The third-order valence-electron chi connectivity index (χ3n) is 5.89. The van der Waals surface area contributed by atoms with Crippen LogP contribution in [-0.2, 0) is 11.3 Å². The molecule has 142 valence electrons.